The van der Waals surface area contributed by atoms with Crippen molar-refractivity contribution in [3.63, 3.8) is 0 Å². The second-order valence-corrected chi connectivity index (χ2v) is 4.77. The summed E-state index contributed by atoms with van der Waals surface area (Å²) in [5.74, 6) is 0.0867. The molecule has 13 heavy (non-hydrogen) atoms. The van der Waals surface area contributed by atoms with E-state index >= 15 is 0 Å². The zero-order chi connectivity index (χ0) is 9.99. The molecule has 72 valence electrons. The van der Waals surface area contributed by atoms with Crippen LogP contribution >= 0.6 is 0 Å². The van der Waals surface area contributed by atoms with E-state index in [1.165, 1.54) is 6.21 Å². The maximum Gasteiger partial charge on any atom is 1.00 e. The Bertz CT molecular complexity index is 168. The van der Waals surface area contributed by atoms with Crippen LogP contribution in [0.1, 0.15) is 41.5 Å². The van der Waals surface area contributed by atoms with E-state index in [1.807, 2.05) is 34.6 Å². The van der Waals surface area contributed by atoms with Crippen molar-refractivity contribution in [2.24, 2.45) is 10.9 Å². The molecule has 0 heterocycles. The van der Waals surface area contributed by atoms with Crippen molar-refractivity contribution in [1.82, 2.24) is 0 Å². The Hall–Kier alpha value is 1.27. The molecule has 0 radical (unpaired) electrons. The van der Waals surface area contributed by atoms with Gasteiger partial charge in [0.15, 0.2) is 0 Å². The van der Waals surface area contributed by atoms with Crippen molar-refractivity contribution in [3.05, 3.63) is 0 Å². The minimum absolute atomic E-state index is 0. The van der Waals surface area contributed by atoms with E-state index in [-0.39, 0.29) is 62.8 Å². The van der Waals surface area contributed by atoms with Crippen LogP contribution in [0.2, 0.25) is 0 Å². The predicted molar refractivity (Wildman–Crippen MR) is 51.5 cm³/mol. The molecule has 2 nitrogen and oxygen atoms in total. The van der Waals surface area contributed by atoms with Crippen LogP contribution in [-0.2, 0) is 0 Å². The van der Waals surface area contributed by atoms with Gasteiger partial charge in [0.05, 0.1) is 5.54 Å². The minimum Gasteiger partial charge on any atom is -0.845 e. The van der Waals surface area contributed by atoms with E-state index in [0.29, 0.717) is 0 Å². The minimum atomic E-state index is -1.03. The average Bonchev–Trinajstić information content (AvgIpc) is 1.82. The van der Waals surface area contributed by atoms with Crippen molar-refractivity contribution in [3.8, 4) is 0 Å². The standard InChI is InChI=1S/C10H20NO.K/c1-8(2)10(6,12)7-11-9(3,4)5;/h7-8H,1-6H3;/q-1;+1. The van der Waals surface area contributed by atoms with E-state index in [4.69, 9.17) is 0 Å². The van der Waals surface area contributed by atoms with Crippen LogP contribution in [0.5, 0.6) is 0 Å². The number of nitrogens with zero attached hydrogens (tertiary/aromatic N) is 1. The summed E-state index contributed by atoms with van der Waals surface area (Å²) < 4.78 is 0. The molecule has 0 fully saturated rings. The van der Waals surface area contributed by atoms with Crippen molar-refractivity contribution in [2.75, 3.05) is 0 Å². The molecule has 0 aliphatic rings. The van der Waals surface area contributed by atoms with Gasteiger partial charge < -0.3 is 5.11 Å². The maximum atomic E-state index is 11.7. The molecule has 0 bridgehead atoms. The summed E-state index contributed by atoms with van der Waals surface area (Å²) in [6, 6.07) is 0. The molecule has 1 unspecified atom stereocenters. The van der Waals surface area contributed by atoms with Gasteiger partial charge in [0.2, 0.25) is 0 Å². The number of aliphatic imine (C=N–C) groups is 1. The molecule has 0 aromatic carbocycles. The number of rotatable bonds is 2. The molecule has 0 aromatic heterocycles. The zero-order valence-electron chi connectivity index (χ0n) is 10.0. The predicted octanol–water partition coefficient (Wildman–Crippen LogP) is -1.37. The summed E-state index contributed by atoms with van der Waals surface area (Å²) in [5, 5.41) is 11.7. The summed E-state index contributed by atoms with van der Waals surface area (Å²) >= 11 is 0. The topological polar surface area (TPSA) is 35.4 Å². The summed E-state index contributed by atoms with van der Waals surface area (Å²) in [4.78, 5) is 4.21. The maximum absolute atomic E-state index is 11.7. The number of hydrogen-bond donors (Lipinski definition) is 0. The fourth-order valence-corrected chi connectivity index (χ4v) is 0.471. The third kappa shape index (κ3) is 8.27. The van der Waals surface area contributed by atoms with E-state index < -0.39 is 5.60 Å². The molecule has 0 saturated heterocycles. The Morgan fingerprint density at radius 1 is 1.15 bits per heavy atom. The van der Waals surface area contributed by atoms with Crippen LogP contribution in [0.4, 0.5) is 0 Å². The van der Waals surface area contributed by atoms with Gasteiger partial charge in [-0.25, -0.2) is 0 Å². The van der Waals surface area contributed by atoms with E-state index in [9.17, 15) is 5.11 Å². The second kappa shape index (κ2) is 5.98. The van der Waals surface area contributed by atoms with Gasteiger partial charge in [-0.1, -0.05) is 32.3 Å². The van der Waals surface area contributed by atoms with Crippen LogP contribution in [0.3, 0.4) is 0 Å². The zero-order valence-corrected chi connectivity index (χ0v) is 13.1. The number of hydrogen-bond acceptors (Lipinski definition) is 2. The molecule has 0 aromatic rings. The van der Waals surface area contributed by atoms with Gasteiger partial charge in [-0.3, -0.25) is 4.99 Å². The van der Waals surface area contributed by atoms with Crippen LogP contribution in [0, 0.1) is 5.92 Å². The van der Waals surface area contributed by atoms with Gasteiger partial charge >= 0.3 is 51.4 Å². The van der Waals surface area contributed by atoms with Crippen molar-refractivity contribution < 1.29 is 56.5 Å². The third-order valence-electron chi connectivity index (χ3n) is 1.85. The second-order valence-electron chi connectivity index (χ2n) is 4.77. The Morgan fingerprint density at radius 2 is 1.54 bits per heavy atom. The van der Waals surface area contributed by atoms with Gasteiger partial charge in [0, 0.05) is 0 Å². The average molecular weight is 209 g/mol. The molecule has 0 aliphatic heterocycles. The summed E-state index contributed by atoms with van der Waals surface area (Å²) in [5.41, 5.74) is -1.17. The first-order chi connectivity index (χ1) is 5.15. The van der Waals surface area contributed by atoms with E-state index in [0.717, 1.165) is 0 Å². The van der Waals surface area contributed by atoms with Crippen molar-refractivity contribution >= 4 is 6.21 Å². The molecular formula is C10H20KNO. The first-order valence-corrected chi connectivity index (χ1v) is 4.42. The molecule has 0 saturated carbocycles. The van der Waals surface area contributed by atoms with Gasteiger partial charge in [-0.15, -0.1) is 0 Å². The fourth-order valence-electron chi connectivity index (χ4n) is 0.471. The summed E-state index contributed by atoms with van der Waals surface area (Å²) in [7, 11) is 0. The fraction of sp³-hybridized carbons (Fsp3) is 0.900. The van der Waals surface area contributed by atoms with E-state index in [1.54, 1.807) is 6.92 Å². The molecule has 0 rings (SSSR count). The molecule has 0 spiro atoms. The molecule has 1 atom stereocenters. The van der Waals surface area contributed by atoms with Crippen LogP contribution in [0.15, 0.2) is 4.99 Å². The Kier molecular flexibility index (Phi) is 7.68. The van der Waals surface area contributed by atoms with Gasteiger partial charge in [-0.2, -0.15) is 0 Å². The van der Waals surface area contributed by atoms with Gasteiger partial charge in [0.25, 0.3) is 0 Å². The summed E-state index contributed by atoms with van der Waals surface area (Å²) in [6.07, 6.45) is 1.54. The van der Waals surface area contributed by atoms with Crippen molar-refractivity contribution in [2.45, 2.75) is 52.7 Å². The molecular weight excluding hydrogens is 189 g/mol. The molecule has 3 heteroatoms. The monoisotopic (exact) mass is 209 g/mol. The normalized spacial score (nSPS) is 17.2. The molecule has 0 aliphatic carbocycles. The first-order valence-electron chi connectivity index (χ1n) is 4.42. The smallest absolute Gasteiger partial charge is 0.845 e. The Labute approximate surface area is 125 Å². The van der Waals surface area contributed by atoms with Crippen LogP contribution in [0.25, 0.3) is 0 Å². The molecule has 0 N–H and O–H groups in total. The molecule has 0 amide bonds. The third-order valence-corrected chi connectivity index (χ3v) is 1.85. The van der Waals surface area contributed by atoms with Gasteiger partial charge in [0.1, 0.15) is 0 Å². The van der Waals surface area contributed by atoms with Crippen LogP contribution < -0.4 is 56.5 Å². The SMILES string of the molecule is CC(C)C(C)([O-])C=NC(C)(C)C.[K+]. The van der Waals surface area contributed by atoms with Crippen LogP contribution in [-0.4, -0.2) is 17.4 Å². The largest absolute Gasteiger partial charge is 1.00 e. The Balaban J connectivity index is 0. The summed E-state index contributed by atoms with van der Waals surface area (Å²) in [6.45, 7) is 11.5. The quantitative estimate of drug-likeness (QED) is 0.408. The first kappa shape index (κ1) is 16.7. The van der Waals surface area contributed by atoms with E-state index in [2.05, 4.69) is 4.99 Å². The Morgan fingerprint density at radius 3 is 1.77 bits per heavy atom. The van der Waals surface area contributed by atoms with Crippen molar-refractivity contribution in [1.29, 1.82) is 0 Å². The van der Waals surface area contributed by atoms with Gasteiger partial charge in [-0.05, 0) is 27.0 Å².